The number of aromatic amines is 1. The molecule has 0 fully saturated rings. The summed E-state index contributed by atoms with van der Waals surface area (Å²) in [6.07, 6.45) is 2.08. The first-order valence-corrected chi connectivity index (χ1v) is 5.96. The molecule has 6 nitrogen and oxygen atoms in total. The lowest BCUT2D eigenvalue weighted by Gasteiger charge is -2.04. The van der Waals surface area contributed by atoms with Crippen molar-refractivity contribution in [3.63, 3.8) is 0 Å². The minimum Gasteiger partial charge on any atom is -0.454 e. The molecule has 0 spiro atoms. The van der Waals surface area contributed by atoms with Gasteiger partial charge < -0.3 is 20.2 Å². The van der Waals surface area contributed by atoms with Gasteiger partial charge in [-0.1, -0.05) is 0 Å². The third kappa shape index (κ3) is 2.17. The quantitative estimate of drug-likeness (QED) is 0.845. The smallest absolute Gasteiger partial charge is 0.254 e. The molecule has 0 saturated heterocycles. The Morgan fingerprint density at radius 3 is 2.95 bits per heavy atom. The molecular weight excluding hydrogens is 246 g/mol. The fourth-order valence-corrected chi connectivity index (χ4v) is 1.95. The zero-order valence-corrected chi connectivity index (χ0v) is 10.2. The van der Waals surface area contributed by atoms with Gasteiger partial charge in [0.25, 0.3) is 5.56 Å². The van der Waals surface area contributed by atoms with Gasteiger partial charge in [-0.05, 0) is 31.2 Å². The average Bonchev–Trinajstić information content (AvgIpc) is 2.88. The van der Waals surface area contributed by atoms with E-state index in [2.05, 4.69) is 9.97 Å². The van der Waals surface area contributed by atoms with Crippen molar-refractivity contribution < 1.29 is 9.47 Å². The second kappa shape index (κ2) is 4.74. The molecule has 0 saturated carbocycles. The maximum absolute atomic E-state index is 11.8. The Kier molecular flexibility index (Phi) is 2.92. The van der Waals surface area contributed by atoms with Crippen LogP contribution in [0.3, 0.4) is 0 Å². The lowest BCUT2D eigenvalue weighted by atomic mass is 10.2. The van der Waals surface area contributed by atoms with E-state index in [-0.39, 0.29) is 12.4 Å². The van der Waals surface area contributed by atoms with E-state index in [1.54, 1.807) is 18.3 Å². The van der Waals surface area contributed by atoms with Crippen LogP contribution in [0.2, 0.25) is 0 Å². The second-order valence-electron chi connectivity index (χ2n) is 4.19. The molecule has 19 heavy (non-hydrogen) atoms. The molecule has 6 heteroatoms. The monoisotopic (exact) mass is 259 g/mol. The predicted molar refractivity (Wildman–Crippen MR) is 69.2 cm³/mol. The van der Waals surface area contributed by atoms with Crippen molar-refractivity contribution in [3.8, 4) is 22.9 Å². The highest BCUT2D eigenvalue weighted by Crippen LogP contribution is 2.34. The van der Waals surface area contributed by atoms with Gasteiger partial charge in [0.2, 0.25) is 6.79 Å². The average molecular weight is 259 g/mol. The molecule has 2 aromatic rings. The Hall–Kier alpha value is -2.34. The van der Waals surface area contributed by atoms with Crippen LogP contribution in [0, 0.1) is 0 Å². The Bertz CT molecular complexity index is 666. The number of nitrogens with two attached hydrogens (primary N) is 1. The molecule has 0 bridgehead atoms. The predicted octanol–water partition coefficient (Wildman–Crippen LogP) is 0.667. The van der Waals surface area contributed by atoms with Crippen LogP contribution in [0.15, 0.2) is 29.2 Å². The number of rotatable bonds is 3. The molecule has 0 amide bonds. The summed E-state index contributed by atoms with van der Waals surface area (Å²) in [5.74, 6) is 1.86. The fourth-order valence-electron chi connectivity index (χ4n) is 1.95. The number of aromatic nitrogens is 2. The van der Waals surface area contributed by atoms with E-state index in [0.717, 1.165) is 5.56 Å². The van der Waals surface area contributed by atoms with Crippen molar-refractivity contribution in [3.05, 3.63) is 40.3 Å². The van der Waals surface area contributed by atoms with E-state index >= 15 is 0 Å². The van der Waals surface area contributed by atoms with Crippen molar-refractivity contribution >= 4 is 0 Å². The summed E-state index contributed by atoms with van der Waals surface area (Å²) in [5.41, 5.74) is 6.64. The first-order valence-electron chi connectivity index (χ1n) is 5.96. The molecule has 0 radical (unpaired) electrons. The van der Waals surface area contributed by atoms with Gasteiger partial charge in [0.15, 0.2) is 11.5 Å². The van der Waals surface area contributed by atoms with Gasteiger partial charge in [0.05, 0.1) is 0 Å². The van der Waals surface area contributed by atoms with Crippen LogP contribution in [0.25, 0.3) is 11.4 Å². The van der Waals surface area contributed by atoms with Crippen LogP contribution in [0.4, 0.5) is 0 Å². The summed E-state index contributed by atoms with van der Waals surface area (Å²) >= 11 is 0. The Balaban J connectivity index is 1.98. The van der Waals surface area contributed by atoms with Crippen LogP contribution >= 0.6 is 0 Å². The highest BCUT2D eigenvalue weighted by molar-refractivity contribution is 5.61. The van der Waals surface area contributed by atoms with Gasteiger partial charge in [-0.15, -0.1) is 0 Å². The number of hydrogen-bond acceptors (Lipinski definition) is 5. The minimum atomic E-state index is -0.159. The molecule has 98 valence electrons. The molecule has 0 unspecified atom stereocenters. The van der Waals surface area contributed by atoms with Crippen LogP contribution in [-0.2, 0) is 6.42 Å². The zero-order chi connectivity index (χ0) is 13.2. The van der Waals surface area contributed by atoms with E-state index in [0.29, 0.717) is 35.9 Å². The largest absolute Gasteiger partial charge is 0.454 e. The molecule has 1 aliphatic heterocycles. The number of H-pyrrole nitrogens is 1. The molecule has 0 aliphatic carbocycles. The summed E-state index contributed by atoms with van der Waals surface area (Å²) in [6.45, 7) is 0.645. The maximum Gasteiger partial charge on any atom is 0.254 e. The van der Waals surface area contributed by atoms with Gasteiger partial charge in [-0.2, -0.15) is 0 Å². The first-order chi connectivity index (χ1) is 9.28. The van der Waals surface area contributed by atoms with Gasteiger partial charge in [-0.25, -0.2) is 4.98 Å². The van der Waals surface area contributed by atoms with E-state index in [1.807, 2.05) is 6.07 Å². The van der Waals surface area contributed by atoms with Crippen molar-refractivity contribution in [1.82, 2.24) is 9.97 Å². The number of nitrogens with one attached hydrogen (secondary N) is 1. The fraction of sp³-hybridized carbons (Fsp3) is 0.231. The van der Waals surface area contributed by atoms with Gasteiger partial charge in [0.1, 0.15) is 5.82 Å². The molecule has 1 aromatic carbocycles. The van der Waals surface area contributed by atoms with E-state index in [9.17, 15) is 4.79 Å². The molecule has 0 atom stereocenters. The zero-order valence-electron chi connectivity index (χ0n) is 10.2. The molecule has 2 heterocycles. The molecule has 1 aromatic heterocycles. The standard InChI is InChI=1S/C13H13N3O3/c14-4-3-9-6-15-12(16-13(9)17)8-1-2-10-11(5-8)19-7-18-10/h1-2,5-6H,3-4,7,14H2,(H,15,16,17). The Morgan fingerprint density at radius 1 is 1.32 bits per heavy atom. The molecule has 1 aliphatic rings. The highest BCUT2D eigenvalue weighted by atomic mass is 16.7. The van der Waals surface area contributed by atoms with E-state index < -0.39 is 0 Å². The lowest BCUT2D eigenvalue weighted by Crippen LogP contribution is -2.17. The topological polar surface area (TPSA) is 90.2 Å². The van der Waals surface area contributed by atoms with Gasteiger partial charge >= 0.3 is 0 Å². The number of ether oxygens (including phenoxy) is 2. The number of benzene rings is 1. The normalized spacial score (nSPS) is 12.7. The summed E-state index contributed by atoms with van der Waals surface area (Å²) in [6, 6.07) is 5.42. The van der Waals surface area contributed by atoms with E-state index in [1.165, 1.54) is 0 Å². The summed E-state index contributed by atoms with van der Waals surface area (Å²) in [7, 11) is 0. The Morgan fingerprint density at radius 2 is 2.16 bits per heavy atom. The van der Waals surface area contributed by atoms with Gasteiger partial charge in [0, 0.05) is 17.3 Å². The van der Waals surface area contributed by atoms with Crippen molar-refractivity contribution in [1.29, 1.82) is 0 Å². The van der Waals surface area contributed by atoms with Crippen molar-refractivity contribution in [2.45, 2.75) is 6.42 Å². The number of fused-ring (bicyclic) bond motifs is 1. The molecular formula is C13H13N3O3. The second-order valence-corrected chi connectivity index (χ2v) is 4.19. The van der Waals surface area contributed by atoms with Crippen LogP contribution in [0.5, 0.6) is 11.5 Å². The van der Waals surface area contributed by atoms with E-state index in [4.69, 9.17) is 15.2 Å². The third-order valence-electron chi connectivity index (χ3n) is 2.93. The summed E-state index contributed by atoms with van der Waals surface area (Å²) < 4.78 is 10.5. The lowest BCUT2D eigenvalue weighted by molar-refractivity contribution is 0.174. The number of nitrogens with zero attached hydrogens (tertiary/aromatic N) is 1. The minimum absolute atomic E-state index is 0.159. The summed E-state index contributed by atoms with van der Waals surface area (Å²) in [4.78, 5) is 18.8. The van der Waals surface area contributed by atoms with Crippen molar-refractivity contribution in [2.75, 3.05) is 13.3 Å². The Labute approximate surface area is 109 Å². The number of hydrogen-bond donors (Lipinski definition) is 2. The SMILES string of the molecule is NCCc1cnc(-c2ccc3c(c2)OCO3)[nH]c1=O. The van der Waals surface area contributed by atoms with Crippen molar-refractivity contribution in [2.24, 2.45) is 5.73 Å². The molecule has 3 N–H and O–H groups in total. The van der Waals surface area contributed by atoms with Gasteiger partial charge in [-0.3, -0.25) is 4.79 Å². The molecule has 3 rings (SSSR count). The first kappa shape index (κ1) is 11.7. The van der Waals surface area contributed by atoms with Crippen LogP contribution in [0.1, 0.15) is 5.56 Å². The summed E-state index contributed by atoms with van der Waals surface area (Å²) in [5, 5.41) is 0. The third-order valence-corrected chi connectivity index (χ3v) is 2.93. The van der Waals surface area contributed by atoms with Crippen LogP contribution in [-0.4, -0.2) is 23.3 Å². The highest BCUT2D eigenvalue weighted by Gasteiger charge is 2.14. The van der Waals surface area contributed by atoms with Crippen LogP contribution < -0.4 is 20.8 Å². The maximum atomic E-state index is 11.8.